The second-order valence-corrected chi connectivity index (χ2v) is 8.35. The molecule has 1 aliphatic rings. The van der Waals surface area contributed by atoms with Gasteiger partial charge < -0.3 is 9.42 Å². The predicted octanol–water partition coefficient (Wildman–Crippen LogP) is 3.22. The van der Waals surface area contributed by atoms with Crippen LogP contribution >= 0.6 is 22.9 Å². The number of piperidine rings is 1. The standard InChI is InChI=1S/C17H19N5O2S2/c1-10-6-14(24-20-10)17-16(19-21-26-17)12-4-3-5-22(8-12)15(23)7-13-9-25-11(2)18-13/h6,9,12H,3-5,7-8H2,1-2H3. The van der Waals surface area contributed by atoms with Gasteiger partial charge in [0.25, 0.3) is 0 Å². The Morgan fingerprint density at radius 1 is 1.42 bits per heavy atom. The third kappa shape index (κ3) is 3.54. The maximum absolute atomic E-state index is 12.7. The van der Waals surface area contributed by atoms with Crippen LogP contribution in [0.4, 0.5) is 0 Å². The molecule has 0 N–H and O–H groups in total. The summed E-state index contributed by atoms with van der Waals surface area (Å²) in [5.41, 5.74) is 2.60. The summed E-state index contributed by atoms with van der Waals surface area (Å²) in [6.07, 6.45) is 2.31. The van der Waals surface area contributed by atoms with Crippen molar-refractivity contribution >= 4 is 28.8 Å². The van der Waals surface area contributed by atoms with Crippen LogP contribution in [0, 0.1) is 13.8 Å². The number of carbonyl (C=O) groups is 1. The summed E-state index contributed by atoms with van der Waals surface area (Å²) >= 11 is 2.90. The fourth-order valence-corrected chi connectivity index (χ4v) is 4.60. The lowest BCUT2D eigenvalue weighted by molar-refractivity contribution is -0.131. The molecule has 1 amide bonds. The number of aryl methyl sites for hydroxylation is 2. The predicted molar refractivity (Wildman–Crippen MR) is 99.3 cm³/mol. The Labute approximate surface area is 159 Å². The van der Waals surface area contributed by atoms with Gasteiger partial charge in [0.2, 0.25) is 5.91 Å². The van der Waals surface area contributed by atoms with Gasteiger partial charge in [0.05, 0.1) is 28.5 Å². The van der Waals surface area contributed by atoms with Crippen molar-refractivity contribution in [3.8, 4) is 10.6 Å². The molecule has 0 bridgehead atoms. The van der Waals surface area contributed by atoms with E-state index in [1.807, 2.05) is 30.2 Å². The number of aromatic nitrogens is 4. The molecular weight excluding hydrogens is 370 g/mol. The van der Waals surface area contributed by atoms with E-state index < -0.39 is 0 Å². The minimum Gasteiger partial charge on any atom is -0.355 e. The Kier molecular flexibility index (Phi) is 4.82. The van der Waals surface area contributed by atoms with Crippen molar-refractivity contribution < 1.29 is 9.32 Å². The van der Waals surface area contributed by atoms with Crippen LogP contribution < -0.4 is 0 Å². The van der Waals surface area contributed by atoms with E-state index in [0.717, 1.165) is 46.4 Å². The zero-order valence-electron chi connectivity index (χ0n) is 14.6. The van der Waals surface area contributed by atoms with E-state index in [0.29, 0.717) is 18.7 Å². The lowest BCUT2D eigenvalue weighted by Crippen LogP contribution is -2.40. The van der Waals surface area contributed by atoms with Gasteiger partial charge in [-0.25, -0.2) is 4.98 Å². The van der Waals surface area contributed by atoms with Crippen molar-refractivity contribution in [1.82, 2.24) is 24.6 Å². The van der Waals surface area contributed by atoms with Gasteiger partial charge in [-0.3, -0.25) is 4.79 Å². The lowest BCUT2D eigenvalue weighted by Gasteiger charge is -2.32. The first-order chi connectivity index (χ1) is 12.6. The monoisotopic (exact) mass is 389 g/mol. The number of rotatable bonds is 4. The van der Waals surface area contributed by atoms with Gasteiger partial charge in [0.1, 0.15) is 4.88 Å². The molecule has 4 heterocycles. The zero-order valence-corrected chi connectivity index (χ0v) is 16.3. The van der Waals surface area contributed by atoms with E-state index in [4.69, 9.17) is 4.52 Å². The number of amides is 1. The minimum atomic E-state index is 0.125. The van der Waals surface area contributed by atoms with Crippen molar-refractivity contribution in [2.45, 2.75) is 39.0 Å². The molecule has 4 rings (SSSR count). The second kappa shape index (κ2) is 7.24. The van der Waals surface area contributed by atoms with E-state index in [-0.39, 0.29) is 11.8 Å². The van der Waals surface area contributed by atoms with Gasteiger partial charge in [0.15, 0.2) is 5.76 Å². The van der Waals surface area contributed by atoms with Gasteiger partial charge in [-0.1, -0.05) is 9.64 Å². The molecule has 3 aromatic heterocycles. The molecular formula is C17H19N5O2S2. The molecule has 0 aliphatic carbocycles. The first-order valence-electron chi connectivity index (χ1n) is 8.55. The van der Waals surface area contributed by atoms with E-state index in [2.05, 4.69) is 19.7 Å². The maximum Gasteiger partial charge on any atom is 0.228 e. The highest BCUT2D eigenvalue weighted by Crippen LogP contribution is 2.35. The molecule has 1 fully saturated rings. The van der Waals surface area contributed by atoms with Gasteiger partial charge in [-0.2, -0.15) is 0 Å². The van der Waals surface area contributed by atoms with Crippen molar-refractivity contribution in [2.24, 2.45) is 0 Å². The largest absolute Gasteiger partial charge is 0.355 e. The molecule has 26 heavy (non-hydrogen) atoms. The Bertz CT molecular complexity index is 916. The normalized spacial score (nSPS) is 17.6. The summed E-state index contributed by atoms with van der Waals surface area (Å²) in [5, 5.41) is 11.2. The minimum absolute atomic E-state index is 0.125. The van der Waals surface area contributed by atoms with E-state index in [1.165, 1.54) is 11.5 Å². The number of likely N-dealkylation sites (tertiary alicyclic amines) is 1. The summed E-state index contributed by atoms with van der Waals surface area (Å²) in [5.74, 6) is 0.998. The van der Waals surface area contributed by atoms with Gasteiger partial charge >= 0.3 is 0 Å². The highest BCUT2D eigenvalue weighted by atomic mass is 32.1. The molecule has 1 aliphatic heterocycles. The summed E-state index contributed by atoms with van der Waals surface area (Å²) < 4.78 is 9.50. The van der Waals surface area contributed by atoms with Crippen LogP contribution in [0.5, 0.6) is 0 Å². The average molecular weight is 390 g/mol. The fraction of sp³-hybridized carbons (Fsp3) is 0.471. The Morgan fingerprint density at radius 3 is 3.04 bits per heavy atom. The van der Waals surface area contributed by atoms with E-state index in [9.17, 15) is 4.79 Å². The molecule has 7 nitrogen and oxygen atoms in total. The summed E-state index contributed by atoms with van der Waals surface area (Å²) in [7, 11) is 0. The van der Waals surface area contributed by atoms with Crippen LogP contribution in [0.3, 0.4) is 0 Å². The number of hydrogen-bond acceptors (Lipinski definition) is 8. The quantitative estimate of drug-likeness (QED) is 0.681. The van der Waals surface area contributed by atoms with E-state index in [1.54, 1.807) is 11.3 Å². The van der Waals surface area contributed by atoms with Crippen LogP contribution in [-0.2, 0) is 11.2 Å². The van der Waals surface area contributed by atoms with Crippen LogP contribution in [0.25, 0.3) is 10.6 Å². The Morgan fingerprint density at radius 2 is 2.31 bits per heavy atom. The third-order valence-corrected chi connectivity index (χ3v) is 6.10. The molecule has 0 spiro atoms. The molecule has 9 heteroatoms. The molecule has 0 radical (unpaired) electrons. The van der Waals surface area contributed by atoms with Gasteiger partial charge in [-0.05, 0) is 38.2 Å². The molecule has 1 saturated heterocycles. The van der Waals surface area contributed by atoms with E-state index >= 15 is 0 Å². The zero-order chi connectivity index (χ0) is 18.1. The number of carbonyl (C=O) groups excluding carboxylic acids is 1. The Hall–Kier alpha value is -2.13. The molecule has 3 aromatic rings. The molecule has 0 saturated carbocycles. The summed E-state index contributed by atoms with van der Waals surface area (Å²) in [6, 6.07) is 1.90. The fourth-order valence-electron chi connectivity index (χ4n) is 3.29. The van der Waals surface area contributed by atoms with Crippen molar-refractivity contribution in [3.05, 3.63) is 33.5 Å². The van der Waals surface area contributed by atoms with Gasteiger partial charge in [-0.15, -0.1) is 16.4 Å². The second-order valence-electron chi connectivity index (χ2n) is 6.53. The van der Waals surface area contributed by atoms with Crippen molar-refractivity contribution in [2.75, 3.05) is 13.1 Å². The SMILES string of the molecule is Cc1cc(-c2snnc2C2CCCN(C(=O)Cc3csc(C)n3)C2)on1. The highest BCUT2D eigenvalue weighted by molar-refractivity contribution is 7.09. The van der Waals surface area contributed by atoms with Crippen LogP contribution in [0.1, 0.15) is 40.8 Å². The van der Waals surface area contributed by atoms with Gasteiger partial charge in [0, 0.05) is 30.5 Å². The lowest BCUT2D eigenvalue weighted by atomic mass is 9.93. The van der Waals surface area contributed by atoms with Crippen molar-refractivity contribution in [3.63, 3.8) is 0 Å². The molecule has 1 atom stereocenters. The maximum atomic E-state index is 12.7. The first kappa shape index (κ1) is 17.3. The number of hydrogen-bond donors (Lipinski definition) is 0. The molecule has 0 aromatic carbocycles. The molecule has 136 valence electrons. The number of thiazole rings is 1. The Balaban J connectivity index is 1.49. The smallest absolute Gasteiger partial charge is 0.228 e. The topological polar surface area (TPSA) is 85.0 Å². The van der Waals surface area contributed by atoms with Crippen LogP contribution in [0.15, 0.2) is 16.0 Å². The summed E-state index contributed by atoms with van der Waals surface area (Å²) in [6.45, 7) is 5.29. The third-order valence-electron chi connectivity index (χ3n) is 4.52. The highest BCUT2D eigenvalue weighted by Gasteiger charge is 2.30. The van der Waals surface area contributed by atoms with Crippen molar-refractivity contribution in [1.29, 1.82) is 0 Å². The summed E-state index contributed by atoms with van der Waals surface area (Å²) in [4.78, 5) is 19.9. The number of nitrogens with zero attached hydrogens (tertiary/aromatic N) is 5. The average Bonchev–Trinajstić information content (AvgIpc) is 3.36. The first-order valence-corrected chi connectivity index (χ1v) is 10.2. The van der Waals surface area contributed by atoms with Crippen LogP contribution in [-0.4, -0.2) is 43.6 Å². The molecule has 1 unspecified atom stereocenters. The van der Waals surface area contributed by atoms with Crippen LogP contribution in [0.2, 0.25) is 0 Å².